The quantitative estimate of drug-likeness (QED) is 0.867. The first-order valence-corrected chi connectivity index (χ1v) is 6.08. The van der Waals surface area contributed by atoms with E-state index in [2.05, 4.69) is 21.2 Å². The molecular formula is C12H14BrNO4. The number of carboxylic acids is 1. The Bertz CT molecular complexity index is 461. The molecule has 2 N–H and O–H groups in total. The number of hydrogen-bond donors (Lipinski definition) is 2. The van der Waals surface area contributed by atoms with Crippen LogP contribution in [0.25, 0.3) is 0 Å². The SMILES string of the molecule is CC(=O)NC(COc1ccc(Br)c(C)c1)C(=O)O. The number of amides is 1. The molecule has 0 bridgehead atoms. The molecule has 1 rings (SSSR count). The summed E-state index contributed by atoms with van der Waals surface area (Å²) in [6.07, 6.45) is 0. The van der Waals surface area contributed by atoms with Crippen LogP contribution in [-0.4, -0.2) is 29.6 Å². The first-order valence-electron chi connectivity index (χ1n) is 5.29. The van der Waals surface area contributed by atoms with E-state index in [4.69, 9.17) is 9.84 Å². The van der Waals surface area contributed by atoms with Crippen LogP contribution in [0.1, 0.15) is 12.5 Å². The van der Waals surface area contributed by atoms with Crippen LogP contribution in [0.5, 0.6) is 5.75 Å². The van der Waals surface area contributed by atoms with Crippen molar-refractivity contribution in [1.82, 2.24) is 5.32 Å². The van der Waals surface area contributed by atoms with Crippen LogP contribution in [-0.2, 0) is 9.59 Å². The van der Waals surface area contributed by atoms with Gasteiger partial charge in [-0.2, -0.15) is 0 Å². The Labute approximate surface area is 113 Å². The average Bonchev–Trinajstić information content (AvgIpc) is 2.28. The van der Waals surface area contributed by atoms with Gasteiger partial charge in [-0.05, 0) is 30.7 Å². The predicted molar refractivity (Wildman–Crippen MR) is 69.6 cm³/mol. The van der Waals surface area contributed by atoms with E-state index in [1.54, 1.807) is 12.1 Å². The lowest BCUT2D eigenvalue weighted by Crippen LogP contribution is -2.43. The topological polar surface area (TPSA) is 75.6 Å². The Morgan fingerprint density at radius 2 is 2.17 bits per heavy atom. The van der Waals surface area contributed by atoms with Crippen molar-refractivity contribution in [3.05, 3.63) is 28.2 Å². The number of halogens is 1. The number of ether oxygens (including phenoxy) is 1. The van der Waals surface area contributed by atoms with E-state index in [1.165, 1.54) is 6.92 Å². The van der Waals surface area contributed by atoms with Gasteiger partial charge in [0.2, 0.25) is 5.91 Å². The third-order valence-electron chi connectivity index (χ3n) is 2.22. The summed E-state index contributed by atoms with van der Waals surface area (Å²) in [6.45, 7) is 3.05. The Morgan fingerprint density at radius 3 is 2.67 bits per heavy atom. The predicted octanol–water partition coefficient (Wildman–Crippen LogP) is 1.73. The fourth-order valence-electron chi connectivity index (χ4n) is 1.31. The minimum absolute atomic E-state index is 0.115. The Hall–Kier alpha value is -1.56. The molecule has 0 fully saturated rings. The van der Waals surface area contributed by atoms with Crippen molar-refractivity contribution in [2.75, 3.05) is 6.61 Å². The maximum absolute atomic E-state index is 10.9. The number of carbonyl (C=O) groups excluding carboxylic acids is 1. The van der Waals surface area contributed by atoms with Crippen LogP contribution in [0.3, 0.4) is 0 Å². The largest absolute Gasteiger partial charge is 0.491 e. The summed E-state index contributed by atoms with van der Waals surface area (Å²) in [5.41, 5.74) is 0.985. The Kier molecular flexibility index (Phi) is 5.15. The summed E-state index contributed by atoms with van der Waals surface area (Å²) in [6, 6.07) is 4.28. The number of aryl methyl sites for hydroxylation is 1. The monoisotopic (exact) mass is 315 g/mol. The van der Waals surface area contributed by atoms with Crippen molar-refractivity contribution in [1.29, 1.82) is 0 Å². The van der Waals surface area contributed by atoms with E-state index in [-0.39, 0.29) is 6.61 Å². The number of carbonyl (C=O) groups is 2. The minimum Gasteiger partial charge on any atom is -0.491 e. The lowest BCUT2D eigenvalue weighted by atomic mass is 10.2. The second-order valence-electron chi connectivity index (χ2n) is 3.81. The van der Waals surface area contributed by atoms with Gasteiger partial charge in [-0.3, -0.25) is 4.79 Å². The Morgan fingerprint density at radius 1 is 1.50 bits per heavy atom. The van der Waals surface area contributed by atoms with Gasteiger partial charge in [0.15, 0.2) is 6.04 Å². The highest BCUT2D eigenvalue weighted by Gasteiger charge is 2.19. The fourth-order valence-corrected chi connectivity index (χ4v) is 1.55. The van der Waals surface area contributed by atoms with Crippen molar-refractivity contribution in [3.8, 4) is 5.75 Å². The minimum atomic E-state index is -1.13. The molecule has 0 saturated heterocycles. The third-order valence-corrected chi connectivity index (χ3v) is 3.11. The molecule has 1 aromatic carbocycles. The van der Waals surface area contributed by atoms with Crippen LogP contribution in [0.2, 0.25) is 0 Å². The third kappa shape index (κ3) is 4.37. The van der Waals surface area contributed by atoms with E-state index in [9.17, 15) is 9.59 Å². The van der Waals surface area contributed by atoms with Crippen molar-refractivity contribution in [2.24, 2.45) is 0 Å². The smallest absolute Gasteiger partial charge is 0.329 e. The van der Waals surface area contributed by atoms with Gasteiger partial charge in [-0.15, -0.1) is 0 Å². The summed E-state index contributed by atoms with van der Waals surface area (Å²) in [4.78, 5) is 21.7. The molecule has 0 aliphatic carbocycles. The molecule has 98 valence electrons. The molecule has 1 atom stereocenters. The molecule has 1 unspecified atom stereocenters. The molecular weight excluding hydrogens is 302 g/mol. The van der Waals surface area contributed by atoms with Crippen LogP contribution < -0.4 is 10.1 Å². The number of nitrogens with one attached hydrogen (secondary N) is 1. The zero-order valence-corrected chi connectivity index (χ0v) is 11.7. The average molecular weight is 316 g/mol. The van der Waals surface area contributed by atoms with Crippen LogP contribution >= 0.6 is 15.9 Å². The highest BCUT2D eigenvalue weighted by molar-refractivity contribution is 9.10. The van der Waals surface area contributed by atoms with Crippen molar-refractivity contribution in [3.63, 3.8) is 0 Å². The number of hydrogen-bond acceptors (Lipinski definition) is 3. The van der Waals surface area contributed by atoms with Gasteiger partial charge in [0.25, 0.3) is 0 Å². The standard InChI is InChI=1S/C12H14BrNO4/c1-7-5-9(3-4-10(7)13)18-6-11(12(16)17)14-8(2)15/h3-5,11H,6H2,1-2H3,(H,14,15)(H,16,17). The maximum atomic E-state index is 10.9. The summed E-state index contributed by atoms with van der Waals surface area (Å²) < 4.78 is 6.30. The molecule has 0 aliphatic heterocycles. The molecule has 0 spiro atoms. The highest BCUT2D eigenvalue weighted by atomic mass is 79.9. The van der Waals surface area contributed by atoms with Crippen LogP contribution in [0.4, 0.5) is 0 Å². The lowest BCUT2D eigenvalue weighted by Gasteiger charge is -2.14. The van der Waals surface area contributed by atoms with Crippen LogP contribution in [0, 0.1) is 6.92 Å². The van der Waals surface area contributed by atoms with E-state index < -0.39 is 17.9 Å². The molecule has 6 heteroatoms. The molecule has 5 nitrogen and oxygen atoms in total. The zero-order valence-electron chi connectivity index (χ0n) is 10.1. The zero-order chi connectivity index (χ0) is 13.7. The lowest BCUT2D eigenvalue weighted by molar-refractivity contribution is -0.142. The van der Waals surface area contributed by atoms with Crippen molar-refractivity contribution >= 4 is 27.8 Å². The first kappa shape index (κ1) is 14.5. The van der Waals surface area contributed by atoms with Gasteiger partial charge in [0.05, 0.1) is 0 Å². The van der Waals surface area contributed by atoms with Crippen LogP contribution in [0.15, 0.2) is 22.7 Å². The van der Waals surface area contributed by atoms with Gasteiger partial charge >= 0.3 is 5.97 Å². The highest BCUT2D eigenvalue weighted by Crippen LogP contribution is 2.21. The van der Waals surface area contributed by atoms with Crippen molar-refractivity contribution < 1.29 is 19.4 Å². The summed E-state index contributed by atoms with van der Waals surface area (Å²) in [5.74, 6) is -0.968. The Balaban J connectivity index is 2.64. The maximum Gasteiger partial charge on any atom is 0.329 e. The second-order valence-corrected chi connectivity index (χ2v) is 4.67. The molecule has 0 aliphatic rings. The number of benzene rings is 1. The molecule has 0 radical (unpaired) electrons. The normalized spacial score (nSPS) is 11.7. The second kappa shape index (κ2) is 6.39. The van der Waals surface area contributed by atoms with E-state index in [0.717, 1.165) is 10.0 Å². The summed E-state index contributed by atoms with van der Waals surface area (Å²) >= 11 is 3.36. The molecule has 18 heavy (non-hydrogen) atoms. The van der Waals surface area contributed by atoms with Gasteiger partial charge in [-0.1, -0.05) is 15.9 Å². The van der Waals surface area contributed by atoms with Gasteiger partial charge in [0, 0.05) is 11.4 Å². The molecule has 0 saturated carbocycles. The number of carboxylic acid groups (broad SMARTS) is 1. The van der Waals surface area contributed by atoms with Gasteiger partial charge in [-0.25, -0.2) is 4.79 Å². The first-order chi connectivity index (χ1) is 8.40. The van der Waals surface area contributed by atoms with E-state index in [0.29, 0.717) is 5.75 Å². The molecule has 0 aromatic heterocycles. The summed E-state index contributed by atoms with van der Waals surface area (Å²) in [7, 11) is 0. The van der Waals surface area contributed by atoms with Crippen molar-refractivity contribution in [2.45, 2.75) is 19.9 Å². The molecule has 1 amide bonds. The summed E-state index contributed by atoms with van der Waals surface area (Å²) in [5, 5.41) is 11.2. The van der Waals surface area contributed by atoms with E-state index in [1.807, 2.05) is 13.0 Å². The van der Waals surface area contributed by atoms with E-state index >= 15 is 0 Å². The molecule has 1 aromatic rings. The number of aliphatic carboxylic acids is 1. The fraction of sp³-hybridized carbons (Fsp3) is 0.333. The number of rotatable bonds is 5. The molecule has 0 heterocycles. The van der Waals surface area contributed by atoms with Gasteiger partial charge in [0.1, 0.15) is 12.4 Å². The van der Waals surface area contributed by atoms with Gasteiger partial charge < -0.3 is 15.2 Å².